The van der Waals surface area contributed by atoms with Crippen molar-refractivity contribution in [2.24, 2.45) is 0 Å². The highest BCUT2D eigenvalue weighted by atomic mass is 16.7. The van der Waals surface area contributed by atoms with E-state index in [1.54, 1.807) is 0 Å². The number of benzene rings is 6. The molecule has 1 saturated heterocycles. The molecule has 0 saturated carbocycles. The van der Waals surface area contributed by atoms with Crippen LogP contribution < -0.4 is 5.46 Å². The van der Waals surface area contributed by atoms with Crippen LogP contribution >= 0.6 is 0 Å². The van der Waals surface area contributed by atoms with Crippen LogP contribution in [0.15, 0.2) is 140 Å². The molecule has 4 aliphatic rings. The Kier molecular flexibility index (Phi) is 5.26. The van der Waals surface area contributed by atoms with E-state index < -0.39 is 29.2 Å². The molecule has 6 aromatic carbocycles. The summed E-state index contributed by atoms with van der Waals surface area (Å²) in [7, 11) is -0.467. The maximum atomic E-state index is 6.75. The zero-order valence-corrected chi connectivity index (χ0v) is 27.2. The Labute approximate surface area is 277 Å². The highest BCUT2D eigenvalue weighted by Crippen LogP contribution is 2.68. The van der Waals surface area contributed by atoms with Crippen molar-refractivity contribution in [3.8, 4) is 22.3 Å². The van der Waals surface area contributed by atoms with Crippen LogP contribution in [0.4, 0.5) is 0 Å². The predicted molar refractivity (Wildman–Crippen MR) is 190 cm³/mol. The summed E-state index contributed by atoms with van der Waals surface area (Å²) in [5.41, 5.74) is 15.1. The summed E-state index contributed by atoms with van der Waals surface area (Å²) in [6, 6.07) is 52.3. The van der Waals surface area contributed by atoms with E-state index in [0.29, 0.717) is 0 Å². The SMILES string of the molecule is CC1(C)OB(c2cccc3c2-c2ccccc2C32c3ccccc3C3(c4ccccc4)c4ccccc4-c4cccc2c43)OC1(C)C. The second-order valence-corrected chi connectivity index (χ2v) is 14.6. The summed E-state index contributed by atoms with van der Waals surface area (Å²) < 4.78 is 13.5. The molecule has 0 aromatic heterocycles. The van der Waals surface area contributed by atoms with Gasteiger partial charge in [0.05, 0.1) is 22.0 Å². The number of rotatable bonds is 2. The molecule has 1 fully saturated rings. The lowest BCUT2D eigenvalue weighted by Crippen LogP contribution is -2.43. The van der Waals surface area contributed by atoms with Gasteiger partial charge >= 0.3 is 7.12 Å². The van der Waals surface area contributed by atoms with Crippen molar-refractivity contribution in [3.63, 3.8) is 0 Å². The lowest BCUT2D eigenvalue weighted by Gasteiger charge is -2.48. The number of hydrogen-bond acceptors (Lipinski definition) is 2. The fraction of sp³-hybridized carbons (Fsp3) is 0.182. The fourth-order valence-corrected chi connectivity index (χ4v) is 9.48. The van der Waals surface area contributed by atoms with E-state index in [4.69, 9.17) is 9.31 Å². The van der Waals surface area contributed by atoms with Crippen LogP contribution in [0, 0.1) is 0 Å². The molecule has 1 heterocycles. The summed E-state index contributed by atoms with van der Waals surface area (Å²) >= 11 is 0. The van der Waals surface area contributed by atoms with Crippen LogP contribution in [-0.4, -0.2) is 18.3 Å². The van der Waals surface area contributed by atoms with Gasteiger partial charge in [-0.15, -0.1) is 0 Å². The standard InChI is InChI=1S/C44H35BO2/c1-41(2)42(3,4)47-45(46-41)38-27-15-25-36-39(38)31-19-9-11-22-33(31)44(36)35-24-13-12-23-34(35)43(28-16-6-5-7-17-28)32-21-10-8-18-29(32)30-20-14-26-37(44)40(30)43/h5-27H,1-4H3. The summed E-state index contributed by atoms with van der Waals surface area (Å²) in [5, 5.41) is 0. The second kappa shape index (κ2) is 9.01. The molecule has 1 spiro atoms. The third-order valence-electron chi connectivity index (χ3n) is 12.0. The molecule has 6 aromatic rings. The van der Waals surface area contributed by atoms with Crippen molar-refractivity contribution in [1.29, 1.82) is 0 Å². The van der Waals surface area contributed by atoms with Gasteiger partial charge in [0, 0.05) is 0 Å². The van der Waals surface area contributed by atoms with E-state index in [0.717, 1.165) is 5.46 Å². The van der Waals surface area contributed by atoms with Crippen molar-refractivity contribution < 1.29 is 9.31 Å². The molecular weight excluding hydrogens is 571 g/mol. The van der Waals surface area contributed by atoms with Crippen molar-refractivity contribution in [3.05, 3.63) is 184 Å². The Morgan fingerprint density at radius 3 is 1.60 bits per heavy atom. The van der Waals surface area contributed by atoms with Crippen molar-refractivity contribution in [2.75, 3.05) is 0 Å². The van der Waals surface area contributed by atoms with Gasteiger partial charge < -0.3 is 9.31 Å². The highest BCUT2D eigenvalue weighted by molar-refractivity contribution is 6.64. The van der Waals surface area contributed by atoms with Gasteiger partial charge in [-0.1, -0.05) is 140 Å². The van der Waals surface area contributed by atoms with Crippen molar-refractivity contribution in [1.82, 2.24) is 0 Å². The summed E-state index contributed by atoms with van der Waals surface area (Å²) in [6.45, 7) is 8.54. The maximum absolute atomic E-state index is 6.75. The lowest BCUT2D eigenvalue weighted by molar-refractivity contribution is 0.00578. The van der Waals surface area contributed by atoms with Gasteiger partial charge in [-0.05, 0) is 99.9 Å². The van der Waals surface area contributed by atoms with Crippen LogP contribution in [0.5, 0.6) is 0 Å². The van der Waals surface area contributed by atoms with Crippen LogP contribution in [0.3, 0.4) is 0 Å². The van der Waals surface area contributed by atoms with Gasteiger partial charge in [0.15, 0.2) is 0 Å². The second-order valence-electron chi connectivity index (χ2n) is 14.6. The van der Waals surface area contributed by atoms with E-state index in [9.17, 15) is 0 Å². The molecule has 0 bridgehead atoms. The number of fused-ring (bicyclic) bond motifs is 12. The van der Waals surface area contributed by atoms with Gasteiger partial charge in [0.25, 0.3) is 0 Å². The first-order valence-corrected chi connectivity index (χ1v) is 16.8. The van der Waals surface area contributed by atoms with E-state index >= 15 is 0 Å². The summed E-state index contributed by atoms with van der Waals surface area (Å²) in [5.74, 6) is 0. The topological polar surface area (TPSA) is 18.5 Å². The lowest BCUT2D eigenvalue weighted by atomic mass is 9.52. The van der Waals surface area contributed by atoms with Gasteiger partial charge in [-0.25, -0.2) is 0 Å². The van der Waals surface area contributed by atoms with Gasteiger partial charge in [0.2, 0.25) is 0 Å². The molecule has 3 heteroatoms. The van der Waals surface area contributed by atoms with Gasteiger partial charge in [-0.3, -0.25) is 0 Å². The Morgan fingerprint density at radius 2 is 0.894 bits per heavy atom. The normalized spacial score (nSPS) is 23.2. The Morgan fingerprint density at radius 1 is 0.404 bits per heavy atom. The van der Waals surface area contributed by atoms with Crippen LogP contribution in [0.1, 0.15) is 72.2 Å². The molecule has 1 aliphatic heterocycles. The van der Waals surface area contributed by atoms with Gasteiger partial charge in [0.1, 0.15) is 0 Å². The molecule has 3 aliphatic carbocycles. The Bertz CT molecular complexity index is 2270. The minimum absolute atomic E-state index is 0.436. The molecular formula is C44H35BO2. The van der Waals surface area contributed by atoms with E-state index in [-0.39, 0.29) is 0 Å². The average molecular weight is 607 g/mol. The quantitative estimate of drug-likeness (QED) is 0.183. The molecule has 226 valence electrons. The predicted octanol–water partition coefficient (Wildman–Crippen LogP) is 9.03. The summed E-state index contributed by atoms with van der Waals surface area (Å²) in [4.78, 5) is 0. The molecule has 2 nitrogen and oxygen atoms in total. The fourth-order valence-electron chi connectivity index (χ4n) is 9.48. The van der Waals surface area contributed by atoms with E-state index in [1.165, 1.54) is 66.8 Å². The van der Waals surface area contributed by atoms with Crippen LogP contribution in [0.25, 0.3) is 22.3 Å². The average Bonchev–Trinajstić information content (AvgIpc) is 3.65. The molecule has 0 N–H and O–H groups in total. The molecule has 10 rings (SSSR count). The Balaban J connectivity index is 1.37. The first-order chi connectivity index (χ1) is 22.8. The van der Waals surface area contributed by atoms with Crippen LogP contribution in [-0.2, 0) is 20.1 Å². The molecule has 0 radical (unpaired) electrons. The minimum atomic E-state index is -0.520. The zero-order valence-electron chi connectivity index (χ0n) is 27.2. The first-order valence-electron chi connectivity index (χ1n) is 16.8. The summed E-state index contributed by atoms with van der Waals surface area (Å²) in [6.07, 6.45) is 0. The minimum Gasteiger partial charge on any atom is -0.399 e. The van der Waals surface area contributed by atoms with Crippen molar-refractivity contribution in [2.45, 2.75) is 49.7 Å². The van der Waals surface area contributed by atoms with E-state index in [2.05, 4.69) is 167 Å². The largest absolute Gasteiger partial charge is 0.495 e. The number of hydrogen-bond donors (Lipinski definition) is 0. The van der Waals surface area contributed by atoms with E-state index in [1.807, 2.05) is 0 Å². The van der Waals surface area contributed by atoms with Gasteiger partial charge in [-0.2, -0.15) is 0 Å². The molecule has 2 unspecified atom stereocenters. The molecule has 0 amide bonds. The maximum Gasteiger partial charge on any atom is 0.495 e. The Hall–Kier alpha value is -4.70. The molecule has 47 heavy (non-hydrogen) atoms. The smallest absolute Gasteiger partial charge is 0.399 e. The third-order valence-corrected chi connectivity index (χ3v) is 12.0. The van der Waals surface area contributed by atoms with Crippen LogP contribution in [0.2, 0.25) is 0 Å². The van der Waals surface area contributed by atoms with Crippen molar-refractivity contribution >= 4 is 12.6 Å². The zero-order chi connectivity index (χ0) is 31.8. The molecule has 2 atom stereocenters. The third kappa shape index (κ3) is 3.11. The highest BCUT2D eigenvalue weighted by Gasteiger charge is 2.61. The monoisotopic (exact) mass is 606 g/mol. The first kappa shape index (κ1) is 27.4.